The van der Waals surface area contributed by atoms with Crippen LogP contribution >= 0.6 is 35.0 Å². The van der Waals surface area contributed by atoms with Crippen molar-refractivity contribution >= 4 is 40.9 Å². The van der Waals surface area contributed by atoms with E-state index in [2.05, 4.69) is 9.97 Å². The van der Waals surface area contributed by atoms with E-state index < -0.39 is 5.54 Å². The van der Waals surface area contributed by atoms with Crippen molar-refractivity contribution in [2.24, 2.45) is 0 Å². The summed E-state index contributed by atoms with van der Waals surface area (Å²) in [5, 5.41) is 11.6. The van der Waals surface area contributed by atoms with Gasteiger partial charge in [0.2, 0.25) is 0 Å². The standard InChI is InChI=1S/C19H19Cl2N3O2S/c1-27-18-22-15(12-5-4-11(20)8-14(12)21)13-9-24(17(26)16(13)23-18)19(10-25)6-2-3-7-19/h4-5,8,25H,2-3,6-7,9-10H2,1H3. The van der Waals surface area contributed by atoms with Crippen molar-refractivity contribution in [2.75, 3.05) is 12.9 Å². The molecule has 0 unspecified atom stereocenters. The molecule has 1 amide bonds. The molecule has 142 valence electrons. The Balaban J connectivity index is 1.85. The molecule has 0 bridgehead atoms. The number of amides is 1. The van der Waals surface area contributed by atoms with E-state index in [1.807, 2.05) is 12.3 Å². The highest BCUT2D eigenvalue weighted by atomic mass is 35.5. The third-order valence-corrected chi connectivity index (χ3v) is 6.62. The summed E-state index contributed by atoms with van der Waals surface area (Å²) in [6.45, 7) is 0.351. The largest absolute Gasteiger partial charge is 0.394 e. The lowest BCUT2D eigenvalue weighted by Gasteiger charge is -2.37. The molecule has 1 aromatic heterocycles. The molecule has 1 saturated carbocycles. The topological polar surface area (TPSA) is 66.3 Å². The minimum atomic E-state index is -0.502. The summed E-state index contributed by atoms with van der Waals surface area (Å²) in [7, 11) is 0. The molecule has 8 heteroatoms. The molecule has 0 radical (unpaired) electrons. The van der Waals surface area contributed by atoms with Crippen LogP contribution in [-0.2, 0) is 6.54 Å². The van der Waals surface area contributed by atoms with Gasteiger partial charge in [0.25, 0.3) is 5.91 Å². The number of aliphatic hydroxyl groups is 1. The van der Waals surface area contributed by atoms with Crippen LogP contribution in [0.3, 0.4) is 0 Å². The predicted molar refractivity (Wildman–Crippen MR) is 107 cm³/mol. The van der Waals surface area contributed by atoms with Gasteiger partial charge in [0.15, 0.2) is 5.16 Å². The predicted octanol–water partition coefficient (Wildman–Crippen LogP) is 4.43. The van der Waals surface area contributed by atoms with Gasteiger partial charge in [0.1, 0.15) is 5.69 Å². The number of aliphatic hydroxyl groups excluding tert-OH is 1. The fourth-order valence-corrected chi connectivity index (χ4v) is 4.94. The third kappa shape index (κ3) is 3.12. The average Bonchev–Trinajstić information content (AvgIpc) is 3.27. The van der Waals surface area contributed by atoms with Gasteiger partial charge in [0.05, 0.1) is 29.4 Å². The molecular weight excluding hydrogens is 405 g/mol. The second-order valence-corrected chi connectivity index (χ2v) is 8.61. The maximum absolute atomic E-state index is 13.2. The van der Waals surface area contributed by atoms with Crippen LogP contribution in [0.5, 0.6) is 0 Å². The van der Waals surface area contributed by atoms with Crippen LogP contribution in [0, 0.1) is 0 Å². The van der Waals surface area contributed by atoms with E-state index in [-0.39, 0.29) is 12.5 Å². The number of nitrogens with zero attached hydrogens (tertiary/aromatic N) is 3. The van der Waals surface area contributed by atoms with Gasteiger partial charge in [-0.3, -0.25) is 4.79 Å². The number of hydrogen-bond acceptors (Lipinski definition) is 5. The minimum Gasteiger partial charge on any atom is -0.394 e. The maximum Gasteiger partial charge on any atom is 0.273 e. The monoisotopic (exact) mass is 423 g/mol. The fourth-order valence-electron chi connectivity index (χ4n) is 4.07. The van der Waals surface area contributed by atoms with Gasteiger partial charge in [-0.05, 0) is 37.3 Å². The number of carbonyl (C=O) groups excluding carboxylic acids is 1. The summed E-state index contributed by atoms with van der Waals surface area (Å²) in [6, 6.07) is 5.26. The molecule has 27 heavy (non-hydrogen) atoms. The number of hydrogen-bond donors (Lipinski definition) is 1. The zero-order valence-corrected chi connectivity index (χ0v) is 17.2. The first-order chi connectivity index (χ1) is 13.0. The number of aromatic nitrogens is 2. The molecule has 2 heterocycles. The number of halogens is 2. The van der Waals surface area contributed by atoms with Crippen molar-refractivity contribution in [3.63, 3.8) is 0 Å². The Morgan fingerprint density at radius 2 is 1.93 bits per heavy atom. The molecule has 0 atom stereocenters. The number of rotatable bonds is 4. The summed E-state index contributed by atoms with van der Waals surface area (Å²) in [6.07, 6.45) is 5.51. The SMILES string of the molecule is CSc1nc2c(c(-c3ccc(Cl)cc3Cl)n1)CN(C1(CO)CCCC1)C2=O. The summed E-state index contributed by atoms with van der Waals surface area (Å²) >= 11 is 13.8. The number of thioether (sulfide) groups is 1. The maximum atomic E-state index is 13.2. The van der Waals surface area contributed by atoms with Crippen LogP contribution < -0.4 is 0 Å². The molecule has 2 aromatic rings. The van der Waals surface area contributed by atoms with Crippen molar-refractivity contribution < 1.29 is 9.90 Å². The molecule has 4 rings (SSSR count). The lowest BCUT2D eigenvalue weighted by Crippen LogP contribution is -2.49. The Morgan fingerprint density at radius 3 is 2.56 bits per heavy atom. The number of carbonyl (C=O) groups is 1. The van der Waals surface area contributed by atoms with Crippen LogP contribution in [0.25, 0.3) is 11.3 Å². The number of benzene rings is 1. The first-order valence-electron chi connectivity index (χ1n) is 8.82. The van der Waals surface area contributed by atoms with Crippen molar-refractivity contribution in [2.45, 2.75) is 42.9 Å². The van der Waals surface area contributed by atoms with E-state index in [1.54, 1.807) is 17.0 Å². The molecule has 1 aliphatic heterocycles. The van der Waals surface area contributed by atoms with E-state index in [1.165, 1.54) is 11.8 Å². The van der Waals surface area contributed by atoms with Crippen molar-refractivity contribution in [1.82, 2.24) is 14.9 Å². The van der Waals surface area contributed by atoms with Crippen LogP contribution in [0.2, 0.25) is 10.0 Å². The molecule has 1 N–H and O–H groups in total. The molecule has 0 spiro atoms. The lowest BCUT2D eigenvalue weighted by atomic mass is 9.96. The van der Waals surface area contributed by atoms with Gasteiger partial charge in [-0.1, -0.05) is 47.8 Å². The van der Waals surface area contributed by atoms with E-state index in [0.29, 0.717) is 33.1 Å². The van der Waals surface area contributed by atoms with Crippen LogP contribution in [0.1, 0.15) is 41.7 Å². The normalized spacial score (nSPS) is 18.2. The highest BCUT2D eigenvalue weighted by Crippen LogP contribution is 2.42. The zero-order chi connectivity index (χ0) is 19.2. The molecule has 1 aliphatic carbocycles. The average molecular weight is 424 g/mol. The summed E-state index contributed by atoms with van der Waals surface area (Å²) in [5.74, 6) is -0.134. The highest BCUT2D eigenvalue weighted by molar-refractivity contribution is 7.98. The number of fused-ring (bicyclic) bond motifs is 1. The Kier molecular flexibility index (Phi) is 5.10. The van der Waals surface area contributed by atoms with Crippen LogP contribution in [0.15, 0.2) is 23.4 Å². The second kappa shape index (κ2) is 7.24. The van der Waals surface area contributed by atoms with Crippen LogP contribution in [0.4, 0.5) is 0 Å². The van der Waals surface area contributed by atoms with Gasteiger partial charge in [-0.25, -0.2) is 9.97 Å². The Labute approximate surface area is 172 Å². The molecule has 1 aromatic carbocycles. The van der Waals surface area contributed by atoms with Crippen molar-refractivity contribution in [3.05, 3.63) is 39.5 Å². The van der Waals surface area contributed by atoms with Crippen molar-refractivity contribution in [3.8, 4) is 11.3 Å². The summed E-state index contributed by atoms with van der Waals surface area (Å²) in [4.78, 5) is 24.1. The molecule has 5 nitrogen and oxygen atoms in total. The molecular formula is C19H19Cl2N3O2S. The Morgan fingerprint density at radius 1 is 1.22 bits per heavy atom. The quantitative estimate of drug-likeness (QED) is 0.581. The van der Waals surface area contributed by atoms with Crippen molar-refractivity contribution in [1.29, 1.82) is 0 Å². The van der Waals surface area contributed by atoms with Crippen LogP contribution in [-0.4, -0.2) is 44.3 Å². The Hall–Kier alpha value is -1.34. The second-order valence-electron chi connectivity index (χ2n) is 6.99. The molecule has 2 aliphatic rings. The van der Waals surface area contributed by atoms with Gasteiger partial charge in [-0.2, -0.15) is 0 Å². The summed E-state index contributed by atoms with van der Waals surface area (Å²) in [5.41, 5.74) is 2.07. The molecule has 1 fully saturated rings. The van der Waals surface area contributed by atoms with E-state index in [9.17, 15) is 9.90 Å². The van der Waals surface area contributed by atoms with Gasteiger partial charge < -0.3 is 10.0 Å². The van der Waals surface area contributed by atoms with Gasteiger partial charge >= 0.3 is 0 Å². The van der Waals surface area contributed by atoms with Gasteiger partial charge in [0, 0.05) is 16.1 Å². The third-order valence-electron chi connectivity index (χ3n) is 5.52. The highest BCUT2D eigenvalue weighted by Gasteiger charge is 2.47. The lowest BCUT2D eigenvalue weighted by molar-refractivity contribution is 0.0272. The first kappa shape index (κ1) is 19.0. The zero-order valence-electron chi connectivity index (χ0n) is 14.8. The van der Waals surface area contributed by atoms with E-state index >= 15 is 0 Å². The smallest absolute Gasteiger partial charge is 0.273 e. The van der Waals surface area contributed by atoms with E-state index in [0.717, 1.165) is 36.8 Å². The Bertz CT molecular complexity index is 916. The minimum absolute atomic E-state index is 0.0351. The van der Waals surface area contributed by atoms with E-state index in [4.69, 9.17) is 23.2 Å². The van der Waals surface area contributed by atoms with Gasteiger partial charge in [-0.15, -0.1) is 0 Å². The molecule has 0 saturated heterocycles. The summed E-state index contributed by atoms with van der Waals surface area (Å²) < 4.78 is 0. The first-order valence-corrected chi connectivity index (χ1v) is 10.8. The fraction of sp³-hybridized carbons (Fsp3) is 0.421.